The molecule has 2 atom stereocenters. The van der Waals surface area contributed by atoms with E-state index in [2.05, 4.69) is 12.1 Å². The van der Waals surface area contributed by atoms with Crippen molar-refractivity contribution in [3.05, 3.63) is 48.5 Å². The first kappa shape index (κ1) is 13.6. The van der Waals surface area contributed by atoms with E-state index in [9.17, 15) is 0 Å². The number of benzene rings is 2. The lowest BCUT2D eigenvalue weighted by Gasteiger charge is -2.14. The van der Waals surface area contributed by atoms with Gasteiger partial charge in [0.05, 0.1) is 13.2 Å². The van der Waals surface area contributed by atoms with Gasteiger partial charge in [-0.3, -0.25) is 0 Å². The van der Waals surface area contributed by atoms with Gasteiger partial charge < -0.3 is 18.9 Å². The van der Waals surface area contributed by atoms with Gasteiger partial charge >= 0.3 is 0 Å². The second-order valence-corrected chi connectivity index (χ2v) is 5.53. The summed E-state index contributed by atoms with van der Waals surface area (Å²) in [7, 11) is 0. The summed E-state index contributed by atoms with van der Waals surface area (Å²) >= 11 is 0. The van der Waals surface area contributed by atoms with Crippen LogP contribution < -0.4 is 9.47 Å². The van der Waals surface area contributed by atoms with Gasteiger partial charge in [-0.2, -0.15) is 0 Å². The number of ether oxygens (including phenoxy) is 4. The number of hydrogen-bond donors (Lipinski definition) is 0. The highest BCUT2D eigenvalue weighted by Gasteiger charge is 2.25. The van der Waals surface area contributed by atoms with Crippen LogP contribution in [0.5, 0.6) is 11.5 Å². The topological polar surface area (TPSA) is 43.5 Å². The predicted molar refractivity (Wildman–Crippen MR) is 82.3 cm³/mol. The first-order valence-electron chi connectivity index (χ1n) is 7.57. The van der Waals surface area contributed by atoms with Crippen molar-refractivity contribution in [2.45, 2.75) is 12.2 Å². The average Bonchev–Trinajstić information content (AvgIpc) is 3.47. The van der Waals surface area contributed by atoms with E-state index in [4.69, 9.17) is 18.9 Å². The third kappa shape index (κ3) is 3.24. The summed E-state index contributed by atoms with van der Waals surface area (Å²) in [6.45, 7) is 2.78. The lowest BCUT2D eigenvalue weighted by atomic mass is 10.0. The number of rotatable bonds is 7. The van der Waals surface area contributed by atoms with Gasteiger partial charge in [0.1, 0.15) is 36.9 Å². The molecule has 0 amide bonds. The van der Waals surface area contributed by atoms with Gasteiger partial charge in [0.25, 0.3) is 0 Å². The van der Waals surface area contributed by atoms with Crippen LogP contribution >= 0.6 is 0 Å². The standard InChI is InChI=1S/C18H18O4/c1-3-7-17(21-11-13-9-19-13)15(5-1)16-6-2-4-8-18(16)22-12-14-10-20-14/h1-8,13-14H,9-12H2/t13-,14-/m0/s1. The second kappa shape index (κ2) is 5.99. The molecule has 0 spiro atoms. The van der Waals surface area contributed by atoms with Crippen molar-refractivity contribution in [1.29, 1.82) is 0 Å². The zero-order chi connectivity index (χ0) is 14.8. The van der Waals surface area contributed by atoms with E-state index in [1.54, 1.807) is 0 Å². The van der Waals surface area contributed by atoms with E-state index in [-0.39, 0.29) is 12.2 Å². The Bertz CT molecular complexity index is 590. The summed E-state index contributed by atoms with van der Waals surface area (Å²) < 4.78 is 22.2. The fourth-order valence-electron chi connectivity index (χ4n) is 2.32. The lowest BCUT2D eigenvalue weighted by Crippen LogP contribution is -2.06. The quantitative estimate of drug-likeness (QED) is 0.737. The molecule has 0 aromatic heterocycles. The van der Waals surface area contributed by atoms with E-state index < -0.39 is 0 Å². The maximum absolute atomic E-state index is 5.90. The summed E-state index contributed by atoms with van der Waals surface area (Å²) in [6, 6.07) is 16.1. The highest BCUT2D eigenvalue weighted by atomic mass is 16.6. The van der Waals surface area contributed by atoms with Gasteiger partial charge in [-0.05, 0) is 12.1 Å². The van der Waals surface area contributed by atoms with Crippen molar-refractivity contribution in [1.82, 2.24) is 0 Å². The molecule has 0 aliphatic carbocycles. The van der Waals surface area contributed by atoms with E-state index in [1.165, 1.54) is 0 Å². The van der Waals surface area contributed by atoms with Crippen LogP contribution in [0.25, 0.3) is 11.1 Å². The van der Waals surface area contributed by atoms with Gasteiger partial charge in [0, 0.05) is 11.1 Å². The molecule has 2 aromatic carbocycles. The monoisotopic (exact) mass is 298 g/mol. The fourth-order valence-corrected chi connectivity index (χ4v) is 2.32. The lowest BCUT2D eigenvalue weighted by molar-refractivity contribution is 0.261. The number of epoxide rings is 2. The maximum Gasteiger partial charge on any atom is 0.127 e. The van der Waals surface area contributed by atoms with Gasteiger partial charge in [-0.25, -0.2) is 0 Å². The molecule has 0 radical (unpaired) electrons. The molecule has 0 N–H and O–H groups in total. The van der Waals surface area contributed by atoms with Crippen molar-refractivity contribution < 1.29 is 18.9 Å². The Balaban J connectivity index is 1.59. The zero-order valence-corrected chi connectivity index (χ0v) is 12.2. The number of hydrogen-bond acceptors (Lipinski definition) is 4. The molecule has 4 rings (SSSR count). The largest absolute Gasteiger partial charge is 0.490 e. The molecular formula is C18H18O4. The SMILES string of the molecule is c1ccc(-c2ccccc2OC[C@@H]2CO2)c(OC[C@@H]2CO2)c1. The third-order valence-electron chi connectivity index (χ3n) is 3.72. The summed E-state index contributed by atoms with van der Waals surface area (Å²) in [5.41, 5.74) is 2.07. The van der Waals surface area contributed by atoms with Gasteiger partial charge in [0.2, 0.25) is 0 Å². The van der Waals surface area contributed by atoms with Crippen molar-refractivity contribution >= 4 is 0 Å². The second-order valence-electron chi connectivity index (χ2n) is 5.53. The first-order valence-corrected chi connectivity index (χ1v) is 7.57. The van der Waals surface area contributed by atoms with Crippen LogP contribution in [0.3, 0.4) is 0 Å². The molecule has 2 saturated heterocycles. The molecular weight excluding hydrogens is 280 g/mol. The molecule has 2 heterocycles. The summed E-state index contributed by atoms with van der Waals surface area (Å²) in [4.78, 5) is 0. The van der Waals surface area contributed by atoms with Gasteiger partial charge in [0.15, 0.2) is 0 Å². The Morgan fingerprint density at radius 2 is 1.14 bits per heavy atom. The van der Waals surface area contributed by atoms with Crippen LogP contribution in [-0.4, -0.2) is 38.6 Å². The minimum absolute atomic E-state index is 0.242. The van der Waals surface area contributed by atoms with Crippen molar-refractivity contribution in [2.75, 3.05) is 26.4 Å². The third-order valence-corrected chi connectivity index (χ3v) is 3.72. The molecule has 2 aliphatic heterocycles. The van der Waals surface area contributed by atoms with Crippen molar-refractivity contribution in [3.8, 4) is 22.6 Å². The van der Waals surface area contributed by atoms with Crippen molar-refractivity contribution in [3.63, 3.8) is 0 Å². The van der Waals surface area contributed by atoms with E-state index in [0.717, 1.165) is 35.8 Å². The first-order chi connectivity index (χ1) is 10.9. The van der Waals surface area contributed by atoms with E-state index in [0.29, 0.717) is 13.2 Å². The molecule has 4 heteroatoms. The van der Waals surface area contributed by atoms with Crippen LogP contribution in [0.2, 0.25) is 0 Å². The zero-order valence-electron chi connectivity index (χ0n) is 12.2. The molecule has 4 nitrogen and oxygen atoms in total. The van der Waals surface area contributed by atoms with Gasteiger partial charge in [-0.1, -0.05) is 36.4 Å². The highest BCUT2D eigenvalue weighted by Crippen LogP contribution is 2.36. The van der Waals surface area contributed by atoms with E-state index in [1.807, 2.05) is 36.4 Å². The highest BCUT2D eigenvalue weighted by molar-refractivity contribution is 5.75. The Labute approximate surface area is 129 Å². The molecule has 0 saturated carbocycles. The molecule has 0 bridgehead atoms. The Morgan fingerprint density at radius 1 is 0.727 bits per heavy atom. The molecule has 22 heavy (non-hydrogen) atoms. The Morgan fingerprint density at radius 3 is 1.55 bits per heavy atom. The minimum Gasteiger partial charge on any atom is -0.490 e. The normalized spacial score (nSPS) is 22.2. The van der Waals surface area contributed by atoms with E-state index >= 15 is 0 Å². The Kier molecular flexibility index (Phi) is 3.70. The van der Waals surface area contributed by atoms with Crippen LogP contribution in [0.4, 0.5) is 0 Å². The van der Waals surface area contributed by atoms with Crippen LogP contribution in [0.1, 0.15) is 0 Å². The number of para-hydroxylation sites is 2. The van der Waals surface area contributed by atoms with Crippen molar-refractivity contribution in [2.24, 2.45) is 0 Å². The molecule has 114 valence electrons. The summed E-state index contributed by atoms with van der Waals surface area (Å²) in [5, 5.41) is 0. The fraction of sp³-hybridized carbons (Fsp3) is 0.333. The molecule has 0 unspecified atom stereocenters. The smallest absolute Gasteiger partial charge is 0.127 e. The van der Waals surface area contributed by atoms with Crippen LogP contribution in [-0.2, 0) is 9.47 Å². The summed E-state index contributed by atoms with van der Waals surface area (Å²) in [5.74, 6) is 1.72. The maximum atomic E-state index is 5.90. The molecule has 2 aromatic rings. The minimum atomic E-state index is 0.242. The Hall–Kier alpha value is -2.04. The molecule has 2 aliphatic rings. The predicted octanol–water partition coefficient (Wildman–Crippen LogP) is 2.91. The van der Waals surface area contributed by atoms with Gasteiger partial charge in [-0.15, -0.1) is 0 Å². The van der Waals surface area contributed by atoms with Crippen LogP contribution in [0.15, 0.2) is 48.5 Å². The average molecular weight is 298 g/mol. The molecule has 2 fully saturated rings. The van der Waals surface area contributed by atoms with Crippen LogP contribution in [0, 0.1) is 0 Å². The summed E-state index contributed by atoms with van der Waals surface area (Å²) in [6.07, 6.45) is 0.484.